The van der Waals surface area contributed by atoms with Crippen molar-refractivity contribution in [2.45, 2.75) is 13.1 Å². The van der Waals surface area contributed by atoms with Crippen molar-refractivity contribution in [2.24, 2.45) is 5.10 Å². The normalized spacial score (nSPS) is 11.4. The van der Waals surface area contributed by atoms with Gasteiger partial charge in [-0.2, -0.15) is 18.3 Å². The highest BCUT2D eigenvalue weighted by Crippen LogP contribution is 2.30. The summed E-state index contributed by atoms with van der Waals surface area (Å²) in [5.74, 6) is -0.387. The van der Waals surface area contributed by atoms with Crippen molar-refractivity contribution in [1.82, 2.24) is 5.43 Å². The average molecular weight is 381 g/mol. The van der Waals surface area contributed by atoms with E-state index in [0.717, 1.165) is 12.1 Å². The number of benzene rings is 2. The average Bonchev–Trinajstić information content (AvgIpc) is 2.63. The monoisotopic (exact) mass is 381 g/mol. The molecule has 0 aromatic heterocycles. The van der Waals surface area contributed by atoms with Gasteiger partial charge in [0.25, 0.3) is 5.91 Å². The molecule has 0 unspecified atom stereocenters. The highest BCUT2D eigenvalue weighted by molar-refractivity contribution is 5.87. The van der Waals surface area contributed by atoms with Crippen LogP contribution in [0.2, 0.25) is 0 Å². The second-order valence-electron chi connectivity index (χ2n) is 5.35. The van der Waals surface area contributed by atoms with Gasteiger partial charge in [0, 0.05) is 11.3 Å². The number of rotatable bonds is 7. The molecule has 2 rings (SSSR count). The summed E-state index contributed by atoms with van der Waals surface area (Å²) < 4.78 is 43.2. The van der Waals surface area contributed by atoms with Crippen LogP contribution in [0.1, 0.15) is 18.1 Å². The summed E-state index contributed by atoms with van der Waals surface area (Å²) in [4.78, 5) is 11.7. The van der Waals surface area contributed by atoms with E-state index >= 15 is 0 Å². The molecule has 0 radical (unpaired) electrons. The van der Waals surface area contributed by atoms with Crippen molar-refractivity contribution in [2.75, 3.05) is 18.5 Å². The molecule has 2 aromatic rings. The molecule has 0 aliphatic rings. The summed E-state index contributed by atoms with van der Waals surface area (Å²) in [6.07, 6.45) is -3.22. The maximum atomic E-state index is 12.6. The molecule has 0 fully saturated rings. The summed E-state index contributed by atoms with van der Waals surface area (Å²) in [6.45, 7) is 1.88. The predicted octanol–water partition coefficient (Wildman–Crippen LogP) is 3.37. The van der Waals surface area contributed by atoms with Crippen LogP contribution in [0.4, 0.5) is 18.9 Å². The number of carbonyl (C=O) groups excluding carboxylic acids is 1. The van der Waals surface area contributed by atoms with Crippen LogP contribution >= 0.6 is 0 Å². The van der Waals surface area contributed by atoms with Crippen molar-refractivity contribution in [3.8, 4) is 11.5 Å². The number of hydrazone groups is 1. The summed E-state index contributed by atoms with van der Waals surface area (Å²) in [6, 6.07) is 9.34. The Kier molecular flexibility index (Phi) is 6.64. The highest BCUT2D eigenvalue weighted by Gasteiger charge is 2.30. The van der Waals surface area contributed by atoms with Crippen molar-refractivity contribution in [3.63, 3.8) is 0 Å². The van der Waals surface area contributed by atoms with Crippen LogP contribution in [-0.4, -0.2) is 30.4 Å². The van der Waals surface area contributed by atoms with Gasteiger partial charge in [-0.15, -0.1) is 0 Å². The van der Waals surface area contributed by atoms with E-state index in [9.17, 15) is 23.1 Å². The Morgan fingerprint density at radius 2 is 2.00 bits per heavy atom. The first-order valence-electron chi connectivity index (χ1n) is 7.99. The third kappa shape index (κ3) is 5.91. The summed E-state index contributed by atoms with van der Waals surface area (Å²) >= 11 is 0. The molecule has 0 atom stereocenters. The minimum atomic E-state index is -4.46. The van der Waals surface area contributed by atoms with Crippen LogP contribution < -0.4 is 15.5 Å². The number of halogens is 3. The largest absolute Gasteiger partial charge is 0.504 e. The number of amides is 1. The number of hydrogen-bond donors (Lipinski definition) is 3. The molecule has 6 nitrogen and oxygen atoms in total. The van der Waals surface area contributed by atoms with E-state index in [1.807, 2.05) is 0 Å². The van der Waals surface area contributed by atoms with Gasteiger partial charge >= 0.3 is 6.18 Å². The Morgan fingerprint density at radius 1 is 1.26 bits per heavy atom. The standard InChI is InChI=1S/C18H18F3N3O3/c1-2-27-15-8-3-5-12(17(15)26)10-23-24-16(25)11-22-14-7-4-6-13(9-14)18(19,20)21/h3-10,22,26H,2,11H2,1H3,(H,24,25)/b23-10+. The zero-order valence-corrected chi connectivity index (χ0v) is 14.4. The third-order valence-electron chi connectivity index (χ3n) is 3.37. The molecule has 0 bridgehead atoms. The lowest BCUT2D eigenvalue weighted by molar-refractivity contribution is -0.137. The molecule has 9 heteroatoms. The fraction of sp³-hybridized carbons (Fsp3) is 0.222. The molecule has 0 heterocycles. The van der Waals surface area contributed by atoms with E-state index in [-0.39, 0.29) is 18.0 Å². The number of alkyl halides is 3. The number of carbonyl (C=O) groups is 1. The fourth-order valence-corrected chi connectivity index (χ4v) is 2.12. The molecular formula is C18H18F3N3O3. The Labute approximate surface area is 153 Å². The molecule has 0 aliphatic carbocycles. The summed E-state index contributed by atoms with van der Waals surface area (Å²) in [5.41, 5.74) is 1.91. The quantitative estimate of drug-likeness (QED) is 0.507. The van der Waals surface area contributed by atoms with E-state index < -0.39 is 17.6 Å². The Bertz CT molecular complexity index is 823. The number of ether oxygens (including phenoxy) is 1. The second-order valence-corrected chi connectivity index (χ2v) is 5.35. The van der Waals surface area contributed by atoms with E-state index in [1.54, 1.807) is 25.1 Å². The lowest BCUT2D eigenvalue weighted by Gasteiger charge is -2.10. The summed E-state index contributed by atoms with van der Waals surface area (Å²) in [7, 11) is 0. The van der Waals surface area contributed by atoms with Crippen LogP contribution in [0.15, 0.2) is 47.6 Å². The second kappa shape index (κ2) is 8.93. The first-order valence-corrected chi connectivity index (χ1v) is 7.99. The SMILES string of the molecule is CCOc1cccc(/C=N/NC(=O)CNc2cccc(C(F)(F)F)c2)c1O. The number of aromatic hydroxyl groups is 1. The van der Waals surface area contributed by atoms with Crippen LogP contribution in [0.3, 0.4) is 0 Å². The molecule has 0 aliphatic heterocycles. The maximum Gasteiger partial charge on any atom is 0.416 e. The van der Waals surface area contributed by atoms with Gasteiger partial charge in [-0.1, -0.05) is 12.1 Å². The van der Waals surface area contributed by atoms with Crippen molar-refractivity contribution in [1.29, 1.82) is 0 Å². The molecule has 27 heavy (non-hydrogen) atoms. The topological polar surface area (TPSA) is 83.0 Å². The zero-order chi connectivity index (χ0) is 19.9. The van der Waals surface area contributed by atoms with Gasteiger partial charge in [0.05, 0.1) is 24.9 Å². The molecule has 3 N–H and O–H groups in total. The van der Waals surface area contributed by atoms with Gasteiger partial charge in [-0.05, 0) is 37.3 Å². The van der Waals surface area contributed by atoms with Crippen LogP contribution in [0.25, 0.3) is 0 Å². The smallest absolute Gasteiger partial charge is 0.416 e. The molecule has 0 saturated heterocycles. The molecular weight excluding hydrogens is 363 g/mol. The van der Waals surface area contributed by atoms with Gasteiger partial charge < -0.3 is 15.2 Å². The Balaban J connectivity index is 1.90. The zero-order valence-electron chi connectivity index (χ0n) is 14.4. The lowest BCUT2D eigenvalue weighted by Crippen LogP contribution is -2.26. The number of phenolic OH excluding ortho intramolecular Hbond substituents is 1. The maximum absolute atomic E-state index is 12.6. The number of anilines is 1. The number of nitrogens with one attached hydrogen (secondary N) is 2. The first-order chi connectivity index (χ1) is 12.8. The Hall–Kier alpha value is -3.23. The molecule has 0 spiro atoms. The van der Waals surface area contributed by atoms with Gasteiger partial charge in [0.1, 0.15) is 0 Å². The molecule has 1 amide bonds. The minimum Gasteiger partial charge on any atom is -0.504 e. The Morgan fingerprint density at radius 3 is 2.70 bits per heavy atom. The molecule has 0 saturated carbocycles. The third-order valence-corrected chi connectivity index (χ3v) is 3.37. The molecule has 2 aromatic carbocycles. The van der Waals surface area contributed by atoms with Gasteiger partial charge in [-0.25, -0.2) is 5.43 Å². The van der Waals surface area contributed by atoms with Gasteiger partial charge in [-0.3, -0.25) is 4.79 Å². The van der Waals surface area contributed by atoms with Crippen molar-refractivity contribution in [3.05, 3.63) is 53.6 Å². The van der Waals surface area contributed by atoms with E-state index in [0.29, 0.717) is 17.9 Å². The van der Waals surface area contributed by atoms with Crippen LogP contribution in [-0.2, 0) is 11.0 Å². The number of phenols is 1. The van der Waals surface area contributed by atoms with Crippen LogP contribution in [0.5, 0.6) is 11.5 Å². The van der Waals surface area contributed by atoms with Crippen molar-refractivity contribution < 1.29 is 27.8 Å². The van der Waals surface area contributed by atoms with Crippen LogP contribution in [0, 0.1) is 0 Å². The van der Waals surface area contributed by atoms with Gasteiger partial charge in [0.2, 0.25) is 0 Å². The first kappa shape index (κ1) is 20.1. The predicted molar refractivity (Wildman–Crippen MR) is 94.9 cm³/mol. The number of hydrogen-bond acceptors (Lipinski definition) is 5. The van der Waals surface area contributed by atoms with E-state index in [4.69, 9.17) is 4.74 Å². The highest BCUT2D eigenvalue weighted by atomic mass is 19.4. The molecule has 144 valence electrons. The van der Waals surface area contributed by atoms with E-state index in [1.165, 1.54) is 18.3 Å². The minimum absolute atomic E-state index is 0.112. The number of para-hydroxylation sites is 1. The summed E-state index contributed by atoms with van der Waals surface area (Å²) in [5, 5.41) is 16.3. The fourth-order valence-electron chi connectivity index (χ4n) is 2.12. The number of nitrogens with zero attached hydrogens (tertiary/aromatic N) is 1. The lowest BCUT2D eigenvalue weighted by atomic mass is 10.2. The van der Waals surface area contributed by atoms with Gasteiger partial charge in [0.15, 0.2) is 11.5 Å². The van der Waals surface area contributed by atoms with Crippen molar-refractivity contribution >= 4 is 17.8 Å². The van der Waals surface area contributed by atoms with E-state index in [2.05, 4.69) is 15.8 Å².